The van der Waals surface area contributed by atoms with Gasteiger partial charge >= 0.3 is 6.03 Å². The molecule has 2 rings (SSSR count). The second kappa shape index (κ2) is 7.53. The second-order valence-corrected chi connectivity index (χ2v) is 4.25. The number of hydrazine groups is 1. The van der Waals surface area contributed by atoms with Crippen LogP contribution in [0.1, 0.15) is 0 Å². The third-order valence-electron chi connectivity index (χ3n) is 2.75. The third-order valence-corrected chi connectivity index (χ3v) is 2.75. The van der Waals surface area contributed by atoms with Crippen molar-refractivity contribution in [3.8, 4) is 5.75 Å². The maximum Gasteiger partial charge on any atom is 0.323 e. The molecule has 3 amide bonds. The van der Waals surface area contributed by atoms with E-state index in [1.165, 1.54) is 7.11 Å². The van der Waals surface area contributed by atoms with E-state index < -0.39 is 6.03 Å². The molecule has 114 valence electrons. The number of amides is 3. The fourth-order valence-electron chi connectivity index (χ4n) is 1.82. The summed E-state index contributed by atoms with van der Waals surface area (Å²) >= 11 is 0. The van der Waals surface area contributed by atoms with E-state index in [0.717, 1.165) is 0 Å². The zero-order chi connectivity index (χ0) is 15.8. The lowest BCUT2D eigenvalue weighted by Crippen LogP contribution is -2.21. The Hall–Kier alpha value is -3.22. The second-order valence-electron chi connectivity index (χ2n) is 4.25. The number of carbonyl (C=O) groups excluding carboxylic acids is 2. The number of para-hydroxylation sites is 2. The lowest BCUT2D eigenvalue weighted by atomic mass is 10.3. The standard InChI is InChI=1S/C15H16N4O3/c1-22-14-8-3-2-7-13(14)18-15(21)17-11-5-4-6-12(9-11)19-16-10-20/h2-10,19H,1H3,(H,16,20)(H2,17,18,21). The van der Waals surface area contributed by atoms with Crippen molar-refractivity contribution in [2.45, 2.75) is 0 Å². The van der Waals surface area contributed by atoms with Crippen molar-refractivity contribution in [2.24, 2.45) is 0 Å². The molecule has 0 saturated heterocycles. The Labute approximate surface area is 127 Å². The van der Waals surface area contributed by atoms with Gasteiger partial charge in [0.15, 0.2) is 0 Å². The fourth-order valence-corrected chi connectivity index (χ4v) is 1.82. The van der Waals surface area contributed by atoms with Gasteiger partial charge in [0.25, 0.3) is 0 Å². The van der Waals surface area contributed by atoms with Crippen LogP contribution in [0.3, 0.4) is 0 Å². The van der Waals surface area contributed by atoms with Crippen LogP contribution in [0.2, 0.25) is 0 Å². The molecular weight excluding hydrogens is 284 g/mol. The van der Waals surface area contributed by atoms with E-state index in [0.29, 0.717) is 29.2 Å². The van der Waals surface area contributed by atoms with Crippen LogP contribution in [-0.4, -0.2) is 19.6 Å². The minimum absolute atomic E-state index is 0.398. The normalized spacial score (nSPS) is 9.50. The molecule has 0 heterocycles. The maximum absolute atomic E-state index is 12.0. The first kappa shape index (κ1) is 15.2. The SMILES string of the molecule is COc1ccccc1NC(=O)Nc1cccc(NNC=O)c1. The van der Waals surface area contributed by atoms with Gasteiger partial charge < -0.3 is 15.4 Å². The zero-order valence-electron chi connectivity index (χ0n) is 11.9. The number of rotatable bonds is 6. The van der Waals surface area contributed by atoms with Crippen LogP contribution >= 0.6 is 0 Å². The summed E-state index contributed by atoms with van der Waals surface area (Å²) in [5.74, 6) is 0.572. The Morgan fingerprint density at radius 2 is 1.82 bits per heavy atom. The highest BCUT2D eigenvalue weighted by atomic mass is 16.5. The zero-order valence-corrected chi connectivity index (χ0v) is 11.9. The van der Waals surface area contributed by atoms with Crippen molar-refractivity contribution in [3.63, 3.8) is 0 Å². The van der Waals surface area contributed by atoms with E-state index >= 15 is 0 Å². The first-order valence-electron chi connectivity index (χ1n) is 6.49. The Balaban J connectivity index is 2.01. The molecule has 0 atom stereocenters. The summed E-state index contributed by atoms with van der Waals surface area (Å²) in [6.45, 7) is 0. The molecule has 0 aliphatic rings. The summed E-state index contributed by atoms with van der Waals surface area (Å²) in [6, 6.07) is 13.6. The smallest absolute Gasteiger partial charge is 0.323 e. The quantitative estimate of drug-likeness (QED) is 0.487. The van der Waals surface area contributed by atoms with Gasteiger partial charge in [-0.15, -0.1) is 0 Å². The van der Waals surface area contributed by atoms with Crippen LogP contribution in [0.5, 0.6) is 5.75 Å². The number of benzene rings is 2. The van der Waals surface area contributed by atoms with Crippen molar-refractivity contribution < 1.29 is 14.3 Å². The van der Waals surface area contributed by atoms with E-state index in [1.807, 2.05) is 6.07 Å². The minimum atomic E-state index is -0.398. The van der Waals surface area contributed by atoms with Crippen LogP contribution in [-0.2, 0) is 4.79 Å². The van der Waals surface area contributed by atoms with Crippen molar-refractivity contribution >= 4 is 29.5 Å². The summed E-state index contributed by atoms with van der Waals surface area (Å²) in [5.41, 5.74) is 6.77. The third kappa shape index (κ3) is 4.14. The number of urea groups is 1. The molecule has 0 bridgehead atoms. The molecular formula is C15H16N4O3. The molecule has 4 N–H and O–H groups in total. The van der Waals surface area contributed by atoms with Gasteiger partial charge in [-0.25, -0.2) is 4.79 Å². The van der Waals surface area contributed by atoms with Crippen molar-refractivity contribution in [3.05, 3.63) is 48.5 Å². The lowest BCUT2D eigenvalue weighted by molar-refractivity contribution is -0.109. The molecule has 7 nitrogen and oxygen atoms in total. The van der Waals surface area contributed by atoms with Gasteiger partial charge in [0.1, 0.15) is 5.75 Å². The van der Waals surface area contributed by atoms with Gasteiger partial charge in [-0.1, -0.05) is 18.2 Å². The molecule has 7 heteroatoms. The predicted molar refractivity (Wildman–Crippen MR) is 84.9 cm³/mol. The first-order valence-corrected chi connectivity index (χ1v) is 6.49. The number of methoxy groups -OCH3 is 1. The summed E-state index contributed by atoms with van der Waals surface area (Å²) in [6.07, 6.45) is 0.522. The molecule has 0 aliphatic heterocycles. The Bertz CT molecular complexity index is 661. The van der Waals surface area contributed by atoms with Gasteiger partial charge in [-0.05, 0) is 30.3 Å². The molecule has 0 aliphatic carbocycles. The summed E-state index contributed by atoms with van der Waals surface area (Å²) in [7, 11) is 1.54. The van der Waals surface area contributed by atoms with Crippen LogP contribution in [0.15, 0.2) is 48.5 Å². The number of nitrogens with one attached hydrogen (secondary N) is 4. The molecule has 0 unspecified atom stereocenters. The van der Waals surface area contributed by atoms with Gasteiger partial charge in [0.05, 0.1) is 18.5 Å². The van der Waals surface area contributed by atoms with Crippen LogP contribution in [0.4, 0.5) is 21.9 Å². The number of ether oxygens (including phenoxy) is 1. The van der Waals surface area contributed by atoms with E-state index in [-0.39, 0.29) is 0 Å². The van der Waals surface area contributed by atoms with Crippen LogP contribution in [0.25, 0.3) is 0 Å². The number of carbonyl (C=O) groups is 2. The maximum atomic E-state index is 12.0. The van der Waals surface area contributed by atoms with Crippen LogP contribution < -0.4 is 26.2 Å². The predicted octanol–water partition coefficient (Wildman–Crippen LogP) is 2.41. The van der Waals surface area contributed by atoms with Gasteiger partial charge in [0, 0.05) is 5.69 Å². The average Bonchev–Trinajstić information content (AvgIpc) is 2.53. The van der Waals surface area contributed by atoms with Gasteiger partial charge in [-0.2, -0.15) is 0 Å². The summed E-state index contributed by atoms with van der Waals surface area (Å²) < 4.78 is 5.17. The fraction of sp³-hybridized carbons (Fsp3) is 0.0667. The number of hydrogen-bond donors (Lipinski definition) is 4. The van der Waals surface area contributed by atoms with Gasteiger partial charge in [0.2, 0.25) is 6.41 Å². The van der Waals surface area contributed by atoms with E-state index in [4.69, 9.17) is 4.74 Å². The topological polar surface area (TPSA) is 91.5 Å². The largest absolute Gasteiger partial charge is 0.495 e. The molecule has 0 saturated carbocycles. The van der Waals surface area contributed by atoms with Crippen molar-refractivity contribution in [1.29, 1.82) is 0 Å². The Morgan fingerprint density at radius 1 is 1.05 bits per heavy atom. The summed E-state index contributed by atoms with van der Waals surface area (Å²) in [5, 5.41) is 5.40. The van der Waals surface area contributed by atoms with Crippen molar-refractivity contribution in [1.82, 2.24) is 5.43 Å². The Morgan fingerprint density at radius 3 is 2.59 bits per heavy atom. The molecule has 22 heavy (non-hydrogen) atoms. The summed E-state index contributed by atoms with van der Waals surface area (Å²) in [4.78, 5) is 22.2. The monoisotopic (exact) mass is 300 g/mol. The highest BCUT2D eigenvalue weighted by Crippen LogP contribution is 2.23. The molecule has 2 aromatic rings. The highest BCUT2D eigenvalue weighted by Gasteiger charge is 2.07. The first-order chi connectivity index (χ1) is 10.7. The minimum Gasteiger partial charge on any atom is -0.495 e. The molecule has 0 fully saturated rings. The highest BCUT2D eigenvalue weighted by molar-refractivity contribution is 6.00. The van der Waals surface area contributed by atoms with Crippen molar-refractivity contribution in [2.75, 3.05) is 23.2 Å². The molecule has 2 aromatic carbocycles. The lowest BCUT2D eigenvalue weighted by Gasteiger charge is -2.12. The molecule has 0 spiro atoms. The molecule has 0 aromatic heterocycles. The molecule has 0 radical (unpaired) electrons. The number of anilines is 3. The van der Waals surface area contributed by atoms with E-state index in [2.05, 4.69) is 21.5 Å². The van der Waals surface area contributed by atoms with Crippen LogP contribution in [0, 0.1) is 0 Å². The van der Waals surface area contributed by atoms with Gasteiger partial charge in [-0.3, -0.25) is 15.6 Å². The van der Waals surface area contributed by atoms with E-state index in [9.17, 15) is 9.59 Å². The number of hydrogen-bond acceptors (Lipinski definition) is 4. The average molecular weight is 300 g/mol. The van der Waals surface area contributed by atoms with E-state index in [1.54, 1.807) is 42.5 Å². The Kier molecular flexibility index (Phi) is 5.20.